The molecule has 0 aromatic heterocycles. The van der Waals surface area contributed by atoms with Gasteiger partial charge in [0, 0.05) is 25.6 Å². The van der Waals surface area contributed by atoms with Crippen molar-refractivity contribution in [2.24, 2.45) is 11.7 Å². The molecule has 0 aromatic carbocycles. The minimum Gasteiger partial charge on any atom is -0.356 e. The Morgan fingerprint density at radius 1 is 1.38 bits per heavy atom. The number of hydrogen-bond acceptors (Lipinski definition) is 4. The van der Waals surface area contributed by atoms with Gasteiger partial charge >= 0.3 is 0 Å². The van der Waals surface area contributed by atoms with Gasteiger partial charge in [0.05, 0.1) is 6.26 Å². The minimum absolute atomic E-state index is 0.0654. The van der Waals surface area contributed by atoms with Crippen LogP contribution in [0.3, 0.4) is 0 Å². The highest BCUT2D eigenvalue weighted by Gasteiger charge is 2.13. The molecule has 0 saturated carbocycles. The molecule has 1 amide bonds. The summed E-state index contributed by atoms with van der Waals surface area (Å²) in [6.45, 7) is 3.03. The van der Waals surface area contributed by atoms with Crippen LogP contribution in [0.2, 0.25) is 0 Å². The fourth-order valence-corrected chi connectivity index (χ4v) is 1.68. The summed E-state index contributed by atoms with van der Waals surface area (Å²) in [6.07, 6.45) is 2.39. The van der Waals surface area contributed by atoms with Gasteiger partial charge in [-0.05, 0) is 12.8 Å². The van der Waals surface area contributed by atoms with Crippen molar-refractivity contribution >= 4 is 15.9 Å². The molecular weight excluding hydrogens is 230 g/mol. The lowest BCUT2D eigenvalue weighted by Gasteiger charge is -2.12. The molecule has 0 aliphatic carbocycles. The topological polar surface area (TPSA) is 101 Å². The Labute approximate surface area is 97.0 Å². The standard InChI is InChI=1S/C9H21N3O3S/c1-3-8(7-10)9(13)11-5-4-6-12-16(2,14)15/h8,12H,3-7,10H2,1-2H3,(H,11,13). The lowest BCUT2D eigenvalue weighted by atomic mass is 10.1. The van der Waals surface area contributed by atoms with Gasteiger partial charge in [-0.3, -0.25) is 4.79 Å². The molecule has 4 N–H and O–H groups in total. The monoisotopic (exact) mass is 251 g/mol. The molecule has 0 fully saturated rings. The molecule has 0 aliphatic rings. The predicted octanol–water partition coefficient (Wildman–Crippen LogP) is -0.973. The molecule has 0 aliphatic heterocycles. The molecule has 6 nitrogen and oxygen atoms in total. The number of carbonyl (C=O) groups excluding carboxylic acids is 1. The summed E-state index contributed by atoms with van der Waals surface area (Å²) < 4.78 is 23.8. The zero-order valence-corrected chi connectivity index (χ0v) is 10.6. The molecule has 0 aromatic rings. The molecule has 0 heterocycles. The largest absolute Gasteiger partial charge is 0.356 e. The van der Waals surface area contributed by atoms with Crippen LogP contribution in [0.1, 0.15) is 19.8 Å². The van der Waals surface area contributed by atoms with E-state index in [1.807, 2.05) is 6.92 Å². The molecule has 0 radical (unpaired) electrons. The van der Waals surface area contributed by atoms with Crippen LogP contribution in [0.15, 0.2) is 0 Å². The van der Waals surface area contributed by atoms with Crippen molar-refractivity contribution in [3.05, 3.63) is 0 Å². The maximum Gasteiger partial charge on any atom is 0.224 e. The molecule has 96 valence electrons. The van der Waals surface area contributed by atoms with Crippen LogP contribution in [0.25, 0.3) is 0 Å². The van der Waals surface area contributed by atoms with Crippen LogP contribution in [0.4, 0.5) is 0 Å². The average molecular weight is 251 g/mol. The normalized spacial score (nSPS) is 13.4. The second-order valence-electron chi connectivity index (χ2n) is 3.65. The third kappa shape index (κ3) is 7.61. The maximum atomic E-state index is 11.4. The molecular formula is C9H21N3O3S. The first kappa shape index (κ1) is 15.3. The van der Waals surface area contributed by atoms with Crippen molar-refractivity contribution in [2.75, 3.05) is 25.9 Å². The fraction of sp³-hybridized carbons (Fsp3) is 0.889. The summed E-state index contributed by atoms with van der Waals surface area (Å²) >= 11 is 0. The Morgan fingerprint density at radius 3 is 2.44 bits per heavy atom. The van der Waals surface area contributed by atoms with E-state index in [2.05, 4.69) is 10.0 Å². The van der Waals surface area contributed by atoms with Crippen molar-refractivity contribution in [1.82, 2.24) is 10.0 Å². The molecule has 0 spiro atoms. The zero-order valence-electron chi connectivity index (χ0n) is 9.82. The van der Waals surface area contributed by atoms with Crippen LogP contribution in [-0.2, 0) is 14.8 Å². The van der Waals surface area contributed by atoms with E-state index in [1.54, 1.807) is 0 Å². The highest BCUT2D eigenvalue weighted by atomic mass is 32.2. The van der Waals surface area contributed by atoms with Crippen molar-refractivity contribution in [3.8, 4) is 0 Å². The third-order valence-corrected chi connectivity index (χ3v) is 2.89. The van der Waals surface area contributed by atoms with Crippen molar-refractivity contribution in [3.63, 3.8) is 0 Å². The van der Waals surface area contributed by atoms with E-state index in [4.69, 9.17) is 5.73 Å². The first-order valence-electron chi connectivity index (χ1n) is 5.33. The lowest BCUT2D eigenvalue weighted by Crippen LogP contribution is -2.36. The summed E-state index contributed by atoms with van der Waals surface area (Å²) in [5, 5.41) is 2.72. The number of nitrogens with two attached hydrogens (primary N) is 1. The predicted molar refractivity (Wildman–Crippen MR) is 63.3 cm³/mol. The van der Waals surface area contributed by atoms with Gasteiger partial charge in [0.15, 0.2) is 0 Å². The van der Waals surface area contributed by atoms with Crippen LogP contribution >= 0.6 is 0 Å². The zero-order chi connectivity index (χ0) is 12.6. The van der Waals surface area contributed by atoms with Crippen LogP contribution in [0, 0.1) is 5.92 Å². The Bertz CT molecular complexity index is 299. The number of amides is 1. The van der Waals surface area contributed by atoms with E-state index in [-0.39, 0.29) is 11.8 Å². The number of sulfonamides is 1. The lowest BCUT2D eigenvalue weighted by molar-refractivity contribution is -0.124. The smallest absolute Gasteiger partial charge is 0.224 e. The molecule has 0 rings (SSSR count). The van der Waals surface area contributed by atoms with Crippen LogP contribution in [0.5, 0.6) is 0 Å². The Kier molecular flexibility index (Phi) is 7.27. The number of nitrogens with one attached hydrogen (secondary N) is 2. The number of hydrogen-bond donors (Lipinski definition) is 3. The molecule has 16 heavy (non-hydrogen) atoms. The van der Waals surface area contributed by atoms with E-state index >= 15 is 0 Å². The van der Waals surface area contributed by atoms with Gasteiger partial charge in [-0.15, -0.1) is 0 Å². The minimum atomic E-state index is -3.13. The summed E-state index contributed by atoms with van der Waals surface area (Å²) in [6, 6.07) is 0. The van der Waals surface area contributed by atoms with Crippen molar-refractivity contribution in [1.29, 1.82) is 0 Å². The van der Waals surface area contributed by atoms with Gasteiger partial charge in [-0.2, -0.15) is 0 Å². The number of rotatable bonds is 8. The maximum absolute atomic E-state index is 11.4. The van der Waals surface area contributed by atoms with Gasteiger partial charge < -0.3 is 11.1 Å². The van der Waals surface area contributed by atoms with Gasteiger partial charge in [-0.25, -0.2) is 13.1 Å². The molecule has 0 bridgehead atoms. The first-order valence-corrected chi connectivity index (χ1v) is 7.22. The van der Waals surface area contributed by atoms with E-state index in [9.17, 15) is 13.2 Å². The summed E-state index contributed by atoms with van der Waals surface area (Å²) in [7, 11) is -3.13. The second-order valence-corrected chi connectivity index (χ2v) is 5.48. The molecule has 1 atom stereocenters. The van der Waals surface area contributed by atoms with Crippen molar-refractivity contribution < 1.29 is 13.2 Å². The summed E-state index contributed by atoms with van der Waals surface area (Å²) in [4.78, 5) is 11.4. The second kappa shape index (κ2) is 7.59. The Hall–Kier alpha value is -0.660. The summed E-state index contributed by atoms with van der Waals surface area (Å²) in [5.74, 6) is -0.216. The number of carbonyl (C=O) groups is 1. The fourth-order valence-electron chi connectivity index (χ4n) is 1.16. The van der Waals surface area contributed by atoms with E-state index < -0.39 is 10.0 Å². The van der Waals surface area contributed by atoms with E-state index in [0.717, 1.165) is 6.26 Å². The molecule has 1 unspecified atom stereocenters. The molecule has 7 heteroatoms. The van der Waals surface area contributed by atoms with E-state index in [0.29, 0.717) is 32.5 Å². The summed E-state index contributed by atoms with van der Waals surface area (Å²) in [5.41, 5.74) is 5.42. The van der Waals surface area contributed by atoms with Gasteiger partial charge in [-0.1, -0.05) is 6.92 Å². The van der Waals surface area contributed by atoms with Crippen LogP contribution in [-0.4, -0.2) is 40.2 Å². The Morgan fingerprint density at radius 2 is 2.00 bits per heavy atom. The highest BCUT2D eigenvalue weighted by molar-refractivity contribution is 7.88. The van der Waals surface area contributed by atoms with Gasteiger partial charge in [0.2, 0.25) is 15.9 Å². The van der Waals surface area contributed by atoms with Gasteiger partial charge in [0.25, 0.3) is 0 Å². The quantitative estimate of drug-likeness (QED) is 0.483. The average Bonchev–Trinajstić information content (AvgIpc) is 2.17. The highest BCUT2D eigenvalue weighted by Crippen LogP contribution is 1.98. The van der Waals surface area contributed by atoms with Gasteiger partial charge in [0.1, 0.15) is 0 Å². The van der Waals surface area contributed by atoms with Crippen LogP contribution < -0.4 is 15.8 Å². The molecule has 0 saturated heterocycles. The first-order chi connectivity index (χ1) is 7.40. The van der Waals surface area contributed by atoms with Crippen molar-refractivity contribution in [2.45, 2.75) is 19.8 Å². The Balaban J connectivity index is 3.63. The van der Waals surface area contributed by atoms with E-state index in [1.165, 1.54) is 0 Å². The third-order valence-electron chi connectivity index (χ3n) is 2.17. The SMILES string of the molecule is CCC(CN)C(=O)NCCCNS(C)(=O)=O.